The molecule has 3 rings (SSSR count). The minimum Gasteiger partial charge on any atom is -0.481 e. The Kier molecular flexibility index (Phi) is 9.18. The van der Waals surface area contributed by atoms with E-state index in [9.17, 15) is 14.4 Å². The number of aliphatic carboxylic acids is 1. The molecule has 1 unspecified atom stereocenters. The van der Waals surface area contributed by atoms with Gasteiger partial charge in [0.05, 0.1) is 5.75 Å². The van der Waals surface area contributed by atoms with Crippen LogP contribution < -0.4 is 10.6 Å². The lowest BCUT2D eigenvalue weighted by molar-refractivity contribution is -0.133. The van der Waals surface area contributed by atoms with Crippen molar-refractivity contribution in [2.45, 2.75) is 25.7 Å². The molecule has 1 atom stereocenters. The summed E-state index contributed by atoms with van der Waals surface area (Å²) in [6.07, 6.45) is 0.551. The Labute approximate surface area is 198 Å². The van der Waals surface area contributed by atoms with E-state index in [-0.39, 0.29) is 30.1 Å². The van der Waals surface area contributed by atoms with E-state index in [4.69, 9.17) is 9.84 Å². The number of rotatable bonds is 12. The number of nitrogens with one attached hydrogen (secondary N) is 2. The second-order valence-corrected chi connectivity index (χ2v) is 9.09. The summed E-state index contributed by atoms with van der Waals surface area (Å²) in [5.74, 6) is -0.388. The van der Waals surface area contributed by atoms with Gasteiger partial charge in [-0.1, -0.05) is 61.9 Å². The maximum atomic E-state index is 12.3. The van der Waals surface area contributed by atoms with Crippen LogP contribution in [0.4, 0.5) is 4.79 Å². The van der Waals surface area contributed by atoms with E-state index in [1.54, 1.807) is 0 Å². The van der Waals surface area contributed by atoms with Gasteiger partial charge >= 0.3 is 12.1 Å². The summed E-state index contributed by atoms with van der Waals surface area (Å²) in [4.78, 5) is 34.9. The van der Waals surface area contributed by atoms with Crippen LogP contribution in [0, 0.1) is 5.92 Å². The molecule has 8 heteroatoms. The van der Waals surface area contributed by atoms with E-state index >= 15 is 0 Å². The standard InChI is InChI=1S/C25H30N2O5S/c1-2-17(13-23(28)26-11-12-33-16-24(29)30)14-27-25(31)32-15-22-20-9-5-3-7-18(20)19-8-4-6-10-21(19)22/h3-10,17,22H,2,11-16H2,1H3,(H,26,28)(H,27,31)(H,29,30). The van der Waals surface area contributed by atoms with Gasteiger partial charge in [0.25, 0.3) is 0 Å². The van der Waals surface area contributed by atoms with E-state index in [0.29, 0.717) is 25.3 Å². The molecule has 0 heterocycles. The molecule has 3 N–H and O–H groups in total. The maximum absolute atomic E-state index is 12.3. The number of carboxylic acids is 1. The van der Waals surface area contributed by atoms with Gasteiger partial charge in [0.15, 0.2) is 0 Å². The zero-order chi connectivity index (χ0) is 23.6. The molecular weight excluding hydrogens is 440 g/mol. The second kappa shape index (κ2) is 12.3. The third-order valence-corrected chi connectivity index (χ3v) is 6.67. The number of amides is 2. The highest BCUT2D eigenvalue weighted by atomic mass is 32.2. The van der Waals surface area contributed by atoms with Crippen LogP contribution in [0.3, 0.4) is 0 Å². The van der Waals surface area contributed by atoms with Crippen LogP contribution in [-0.4, -0.2) is 54.3 Å². The quantitative estimate of drug-likeness (QED) is 0.407. The van der Waals surface area contributed by atoms with E-state index in [1.165, 1.54) is 22.9 Å². The predicted molar refractivity (Wildman–Crippen MR) is 129 cm³/mol. The molecule has 0 radical (unpaired) electrons. The molecule has 1 aliphatic rings. The highest BCUT2D eigenvalue weighted by Gasteiger charge is 2.29. The van der Waals surface area contributed by atoms with Crippen LogP contribution in [0.25, 0.3) is 11.1 Å². The normalized spacial score (nSPS) is 13.0. The molecule has 0 saturated heterocycles. The number of alkyl carbamates (subject to hydrolysis) is 1. The van der Waals surface area contributed by atoms with Crippen molar-refractivity contribution < 1.29 is 24.2 Å². The minimum absolute atomic E-state index is 0.00263. The molecule has 0 spiro atoms. The van der Waals surface area contributed by atoms with Crippen molar-refractivity contribution in [1.29, 1.82) is 0 Å². The molecule has 2 aromatic carbocycles. The first-order valence-corrected chi connectivity index (χ1v) is 12.3. The first kappa shape index (κ1) is 24.6. The van der Waals surface area contributed by atoms with Crippen LogP contribution in [0.1, 0.15) is 36.8 Å². The molecule has 0 saturated carbocycles. The van der Waals surface area contributed by atoms with Crippen molar-refractivity contribution in [2.75, 3.05) is 31.2 Å². The van der Waals surface area contributed by atoms with E-state index < -0.39 is 12.1 Å². The summed E-state index contributed by atoms with van der Waals surface area (Å²) < 4.78 is 5.55. The fraction of sp³-hybridized carbons (Fsp3) is 0.400. The smallest absolute Gasteiger partial charge is 0.407 e. The highest BCUT2D eigenvalue weighted by molar-refractivity contribution is 7.99. The lowest BCUT2D eigenvalue weighted by Gasteiger charge is -2.17. The first-order chi connectivity index (χ1) is 16.0. The average molecular weight is 471 g/mol. The Bertz CT molecular complexity index is 935. The summed E-state index contributed by atoms with van der Waals surface area (Å²) in [6, 6.07) is 16.4. The van der Waals surface area contributed by atoms with Crippen molar-refractivity contribution in [3.8, 4) is 11.1 Å². The van der Waals surface area contributed by atoms with Gasteiger partial charge in [-0.25, -0.2) is 4.79 Å². The fourth-order valence-electron chi connectivity index (χ4n) is 3.99. The number of benzene rings is 2. The molecule has 7 nitrogen and oxygen atoms in total. The molecule has 176 valence electrons. The monoisotopic (exact) mass is 470 g/mol. The largest absolute Gasteiger partial charge is 0.481 e. The van der Waals surface area contributed by atoms with Gasteiger partial charge in [-0.3, -0.25) is 9.59 Å². The summed E-state index contributed by atoms with van der Waals surface area (Å²) in [7, 11) is 0. The molecule has 0 bridgehead atoms. The number of fused-ring (bicyclic) bond motifs is 3. The highest BCUT2D eigenvalue weighted by Crippen LogP contribution is 2.44. The van der Waals surface area contributed by atoms with Gasteiger partial charge in [-0.15, -0.1) is 11.8 Å². The van der Waals surface area contributed by atoms with Crippen molar-refractivity contribution in [3.63, 3.8) is 0 Å². The number of hydrogen-bond donors (Lipinski definition) is 3. The lowest BCUT2D eigenvalue weighted by atomic mass is 9.98. The molecule has 2 amide bonds. The second-order valence-electron chi connectivity index (χ2n) is 7.98. The zero-order valence-electron chi connectivity index (χ0n) is 18.7. The predicted octanol–water partition coefficient (Wildman–Crippen LogP) is 3.88. The molecule has 0 fully saturated rings. The number of ether oxygens (including phenoxy) is 1. The molecular formula is C25H30N2O5S. The third kappa shape index (κ3) is 6.99. The van der Waals surface area contributed by atoms with E-state index in [0.717, 1.165) is 17.5 Å². The van der Waals surface area contributed by atoms with Crippen LogP contribution in [-0.2, 0) is 14.3 Å². The summed E-state index contributed by atoms with van der Waals surface area (Å²) in [5.41, 5.74) is 4.69. The van der Waals surface area contributed by atoms with Gasteiger partial charge in [0.1, 0.15) is 6.61 Å². The van der Waals surface area contributed by atoms with Gasteiger partial charge in [-0.2, -0.15) is 0 Å². The van der Waals surface area contributed by atoms with Gasteiger partial charge < -0.3 is 20.5 Å². The topological polar surface area (TPSA) is 105 Å². The SMILES string of the molecule is CCC(CNC(=O)OCC1c2ccccc2-c2ccccc21)CC(=O)NCCSCC(=O)O. The molecule has 2 aromatic rings. The Morgan fingerprint density at radius 3 is 2.27 bits per heavy atom. The van der Waals surface area contributed by atoms with E-state index in [1.807, 2.05) is 31.2 Å². The Hall–Kier alpha value is -3.00. The fourth-order valence-corrected chi connectivity index (χ4v) is 4.56. The first-order valence-electron chi connectivity index (χ1n) is 11.1. The number of hydrogen-bond acceptors (Lipinski definition) is 5. The van der Waals surface area contributed by atoms with E-state index in [2.05, 4.69) is 34.9 Å². The number of carbonyl (C=O) groups excluding carboxylic acids is 2. The summed E-state index contributed by atoms with van der Waals surface area (Å²) in [5, 5.41) is 14.2. The van der Waals surface area contributed by atoms with Crippen LogP contribution in [0.5, 0.6) is 0 Å². The van der Waals surface area contributed by atoms with Crippen molar-refractivity contribution in [3.05, 3.63) is 59.7 Å². The number of carbonyl (C=O) groups is 3. The van der Waals surface area contributed by atoms with Crippen LogP contribution >= 0.6 is 11.8 Å². The molecule has 33 heavy (non-hydrogen) atoms. The Balaban J connectivity index is 1.42. The van der Waals surface area contributed by atoms with Crippen molar-refractivity contribution in [1.82, 2.24) is 10.6 Å². The zero-order valence-corrected chi connectivity index (χ0v) is 19.5. The number of carboxylic acid groups (broad SMARTS) is 1. The van der Waals surface area contributed by atoms with Crippen molar-refractivity contribution in [2.24, 2.45) is 5.92 Å². The molecule has 0 aliphatic heterocycles. The van der Waals surface area contributed by atoms with Gasteiger partial charge in [-0.05, 0) is 28.2 Å². The molecule has 1 aliphatic carbocycles. The lowest BCUT2D eigenvalue weighted by Crippen LogP contribution is -2.34. The van der Waals surface area contributed by atoms with Crippen LogP contribution in [0.2, 0.25) is 0 Å². The third-order valence-electron chi connectivity index (χ3n) is 5.72. The van der Waals surface area contributed by atoms with Gasteiger partial charge in [0, 0.05) is 31.2 Å². The number of thioether (sulfide) groups is 1. The summed E-state index contributed by atoms with van der Waals surface area (Å²) in [6.45, 7) is 3.01. The Morgan fingerprint density at radius 2 is 1.67 bits per heavy atom. The van der Waals surface area contributed by atoms with Crippen LogP contribution in [0.15, 0.2) is 48.5 Å². The summed E-state index contributed by atoms with van der Waals surface area (Å²) >= 11 is 1.26. The van der Waals surface area contributed by atoms with Gasteiger partial charge in [0.2, 0.25) is 5.91 Å². The Morgan fingerprint density at radius 1 is 1.03 bits per heavy atom. The molecule has 0 aromatic heterocycles. The van der Waals surface area contributed by atoms with Crippen molar-refractivity contribution >= 4 is 29.7 Å². The average Bonchev–Trinajstić information content (AvgIpc) is 3.13. The maximum Gasteiger partial charge on any atom is 0.407 e. The minimum atomic E-state index is -0.864.